The number of nitrogens with zero attached hydrogens (tertiary/aromatic N) is 6. The highest BCUT2D eigenvalue weighted by atomic mass is 16.1. The molecule has 4 aromatic heterocycles. The van der Waals surface area contributed by atoms with Crippen molar-refractivity contribution in [2.24, 2.45) is 12.8 Å². The number of imidazole rings is 1. The average Bonchev–Trinajstić information content (AvgIpc) is 3.53. The number of anilines is 1. The van der Waals surface area contributed by atoms with Crippen LogP contribution >= 0.6 is 0 Å². The summed E-state index contributed by atoms with van der Waals surface area (Å²) >= 11 is 0. The predicted molar refractivity (Wildman–Crippen MR) is 152 cm³/mol. The number of hydrogen-bond acceptors (Lipinski definition) is 6. The number of carbonyl (C=O) groups excluding carboxylic acids is 1. The maximum Gasteiger partial charge on any atom is 0.271 e. The summed E-state index contributed by atoms with van der Waals surface area (Å²) in [7, 11) is 1.89. The number of nitrogen functional groups attached to an aromatic ring is 1. The Bertz CT molecular complexity index is 1860. The minimum atomic E-state index is -0.635. The fourth-order valence-electron chi connectivity index (χ4n) is 4.22. The number of aromatic nitrogens is 6. The molecule has 0 unspecified atom stereocenters. The smallest absolute Gasteiger partial charge is 0.271 e. The molecule has 9 nitrogen and oxygen atoms in total. The molecule has 1 amide bonds. The summed E-state index contributed by atoms with van der Waals surface area (Å²) in [4.78, 5) is 19.9. The molecule has 0 atom stereocenters. The molecule has 0 radical (unpaired) electrons. The van der Waals surface area contributed by atoms with Crippen molar-refractivity contribution in [2.45, 2.75) is 13.3 Å². The van der Waals surface area contributed by atoms with Gasteiger partial charge in [-0.25, -0.2) is 14.5 Å². The normalized spacial score (nSPS) is 10.5. The summed E-state index contributed by atoms with van der Waals surface area (Å²) in [6.45, 7) is 2.17. The fourth-order valence-corrected chi connectivity index (χ4v) is 4.22. The molecule has 0 aliphatic carbocycles. The van der Waals surface area contributed by atoms with Crippen molar-refractivity contribution in [2.75, 3.05) is 5.73 Å². The SMILES string of the molecule is CCc1cc2cccc(C#Cc3cnn(C)c3)c2nc1-c1ccccc1.NC(=O)c1c(N)nc2cccnn12. The van der Waals surface area contributed by atoms with E-state index in [9.17, 15) is 4.79 Å². The van der Waals surface area contributed by atoms with Crippen LogP contribution in [0.4, 0.5) is 5.82 Å². The third-order valence-electron chi connectivity index (χ3n) is 6.05. The fraction of sp³-hybridized carbons (Fsp3) is 0.100. The second-order valence-electron chi connectivity index (χ2n) is 8.75. The molecule has 4 heterocycles. The first-order valence-electron chi connectivity index (χ1n) is 12.3. The number of hydrogen-bond donors (Lipinski definition) is 2. The number of nitrogens with two attached hydrogens (primary N) is 2. The summed E-state index contributed by atoms with van der Waals surface area (Å²) in [6.07, 6.45) is 6.16. The quantitative estimate of drug-likeness (QED) is 0.343. The molecule has 9 heteroatoms. The first kappa shape index (κ1) is 25.2. The van der Waals surface area contributed by atoms with Crippen molar-refractivity contribution in [1.29, 1.82) is 0 Å². The second-order valence-corrected chi connectivity index (χ2v) is 8.75. The van der Waals surface area contributed by atoms with Crippen molar-refractivity contribution in [3.8, 4) is 23.1 Å². The molecule has 0 bridgehead atoms. The number of carbonyl (C=O) groups is 1. The Hall–Kier alpha value is -5.49. The van der Waals surface area contributed by atoms with E-state index in [1.54, 1.807) is 23.0 Å². The summed E-state index contributed by atoms with van der Waals surface area (Å²) in [5.74, 6) is 5.92. The summed E-state index contributed by atoms with van der Waals surface area (Å²) in [5, 5.41) is 9.19. The summed E-state index contributed by atoms with van der Waals surface area (Å²) in [6, 6.07) is 22.1. The lowest BCUT2D eigenvalue weighted by Crippen LogP contribution is -2.16. The Labute approximate surface area is 225 Å². The highest BCUT2D eigenvalue weighted by Gasteiger charge is 2.14. The zero-order valence-electron chi connectivity index (χ0n) is 21.5. The lowest BCUT2D eigenvalue weighted by molar-refractivity contribution is 0.0994. The average molecular weight is 515 g/mol. The third kappa shape index (κ3) is 5.31. The van der Waals surface area contributed by atoms with Gasteiger partial charge in [-0.05, 0) is 36.2 Å². The van der Waals surface area contributed by atoms with Gasteiger partial charge in [0.15, 0.2) is 17.2 Å². The lowest BCUT2D eigenvalue weighted by atomic mass is 10.00. The zero-order chi connectivity index (χ0) is 27.4. The Morgan fingerprint density at radius 2 is 1.79 bits per heavy atom. The highest BCUT2D eigenvalue weighted by molar-refractivity contribution is 5.96. The van der Waals surface area contributed by atoms with Crippen LogP contribution in [0.25, 0.3) is 27.8 Å². The largest absolute Gasteiger partial charge is 0.382 e. The molecule has 0 spiro atoms. The van der Waals surface area contributed by atoms with Gasteiger partial charge >= 0.3 is 0 Å². The first-order chi connectivity index (χ1) is 18.9. The van der Waals surface area contributed by atoms with Crippen LogP contribution < -0.4 is 11.5 Å². The number of rotatable bonds is 3. The van der Waals surface area contributed by atoms with Crippen LogP contribution in [-0.2, 0) is 13.5 Å². The van der Waals surface area contributed by atoms with Crippen LogP contribution in [0.15, 0.2) is 85.3 Å². The van der Waals surface area contributed by atoms with Crippen molar-refractivity contribution < 1.29 is 4.79 Å². The van der Waals surface area contributed by atoms with Crippen LogP contribution in [0.5, 0.6) is 0 Å². The molecule has 2 aromatic carbocycles. The Balaban J connectivity index is 0.000000198. The number of para-hydroxylation sites is 1. The van der Waals surface area contributed by atoms with Gasteiger partial charge in [0.1, 0.15) is 0 Å². The Morgan fingerprint density at radius 3 is 2.51 bits per heavy atom. The van der Waals surface area contributed by atoms with E-state index in [0.29, 0.717) is 5.65 Å². The van der Waals surface area contributed by atoms with Crippen LogP contribution in [0, 0.1) is 11.8 Å². The minimum absolute atomic E-state index is 0.103. The molecule has 0 saturated heterocycles. The van der Waals surface area contributed by atoms with E-state index < -0.39 is 5.91 Å². The van der Waals surface area contributed by atoms with Crippen LogP contribution in [-0.4, -0.2) is 35.3 Å². The number of aryl methyl sites for hydroxylation is 2. The molecule has 0 fully saturated rings. The van der Waals surface area contributed by atoms with Crippen molar-refractivity contribution in [3.05, 3.63) is 108 Å². The molecule has 0 aliphatic rings. The van der Waals surface area contributed by atoms with Crippen LogP contribution in [0.3, 0.4) is 0 Å². The number of benzene rings is 2. The Kier molecular flexibility index (Phi) is 7.01. The zero-order valence-corrected chi connectivity index (χ0v) is 21.5. The number of primary amides is 1. The lowest BCUT2D eigenvalue weighted by Gasteiger charge is -2.10. The number of amides is 1. The van der Waals surface area contributed by atoms with Crippen molar-refractivity contribution in [3.63, 3.8) is 0 Å². The van der Waals surface area contributed by atoms with E-state index in [4.69, 9.17) is 16.5 Å². The maximum atomic E-state index is 10.9. The molecule has 0 aliphatic heterocycles. The van der Waals surface area contributed by atoms with E-state index in [1.807, 2.05) is 31.4 Å². The molecular formula is C30H26N8O. The van der Waals surface area contributed by atoms with E-state index in [1.165, 1.54) is 16.3 Å². The summed E-state index contributed by atoms with van der Waals surface area (Å²) in [5.41, 5.74) is 17.4. The number of pyridine rings is 1. The van der Waals surface area contributed by atoms with Gasteiger partial charge in [0, 0.05) is 30.4 Å². The van der Waals surface area contributed by atoms with Crippen LogP contribution in [0.2, 0.25) is 0 Å². The van der Waals surface area contributed by atoms with Crippen LogP contribution in [0.1, 0.15) is 34.1 Å². The van der Waals surface area contributed by atoms with E-state index in [2.05, 4.69) is 70.3 Å². The van der Waals surface area contributed by atoms with Crippen molar-refractivity contribution in [1.82, 2.24) is 29.4 Å². The van der Waals surface area contributed by atoms with Gasteiger partial charge < -0.3 is 11.5 Å². The molecule has 0 saturated carbocycles. The van der Waals surface area contributed by atoms with Gasteiger partial charge in [0.05, 0.1) is 28.5 Å². The molecular weight excluding hydrogens is 488 g/mol. The maximum absolute atomic E-state index is 10.9. The monoisotopic (exact) mass is 514 g/mol. The van der Waals surface area contributed by atoms with Crippen molar-refractivity contribution >= 4 is 28.3 Å². The van der Waals surface area contributed by atoms with Gasteiger partial charge in [0.25, 0.3) is 5.91 Å². The van der Waals surface area contributed by atoms with E-state index >= 15 is 0 Å². The van der Waals surface area contributed by atoms with Gasteiger partial charge in [-0.15, -0.1) is 0 Å². The molecule has 39 heavy (non-hydrogen) atoms. The molecule has 192 valence electrons. The van der Waals surface area contributed by atoms with E-state index in [-0.39, 0.29) is 11.5 Å². The third-order valence-corrected chi connectivity index (χ3v) is 6.05. The second kappa shape index (κ2) is 10.9. The van der Waals surface area contributed by atoms with Gasteiger partial charge in [-0.2, -0.15) is 10.2 Å². The highest BCUT2D eigenvalue weighted by Crippen LogP contribution is 2.27. The van der Waals surface area contributed by atoms with E-state index in [0.717, 1.165) is 39.7 Å². The molecule has 4 N–H and O–H groups in total. The summed E-state index contributed by atoms with van der Waals surface area (Å²) < 4.78 is 3.07. The number of fused-ring (bicyclic) bond motifs is 2. The molecule has 6 aromatic rings. The van der Waals surface area contributed by atoms with Gasteiger partial charge in [-0.1, -0.05) is 61.2 Å². The molecule has 6 rings (SSSR count). The minimum Gasteiger partial charge on any atom is -0.382 e. The topological polar surface area (TPSA) is 130 Å². The predicted octanol–water partition coefficient (Wildman–Crippen LogP) is 4.01. The first-order valence-corrected chi connectivity index (χ1v) is 12.3. The Morgan fingerprint density at radius 1 is 0.974 bits per heavy atom. The van der Waals surface area contributed by atoms with Gasteiger partial charge in [0.2, 0.25) is 0 Å². The van der Waals surface area contributed by atoms with Gasteiger partial charge in [-0.3, -0.25) is 9.48 Å². The standard InChI is InChI=1S/C23H19N3.C7H7N5O/c1-3-18-14-21-11-7-10-20(13-12-17-15-24-26(2)16-17)23(21)25-22(18)19-8-5-4-6-9-19;8-6-5(7(9)13)12-4(11-6)2-1-3-10-12/h4-11,14-16H,3H2,1-2H3;1-3H,8H2,(H2,9,13).